The number of fused-ring (bicyclic) bond motifs is 1. The molecule has 30 heavy (non-hydrogen) atoms. The average molecular weight is 427 g/mol. The van der Waals surface area contributed by atoms with Gasteiger partial charge in [0, 0.05) is 6.54 Å². The van der Waals surface area contributed by atoms with Crippen LogP contribution in [0.3, 0.4) is 0 Å². The molecule has 0 N–H and O–H groups in total. The number of likely N-dealkylation sites (tertiary alicyclic amines) is 1. The van der Waals surface area contributed by atoms with Gasteiger partial charge in [-0.3, -0.25) is 4.79 Å². The number of ether oxygens (including phenoxy) is 2. The van der Waals surface area contributed by atoms with Crippen molar-refractivity contribution in [1.29, 1.82) is 0 Å². The van der Waals surface area contributed by atoms with Gasteiger partial charge in [-0.1, -0.05) is 17.8 Å². The summed E-state index contributed by atoms with van der Waals surface area (Å²) in [5.41, 5.74) is 1.84. The minimum atomic E-state index is 0.0424. The fourth-order valence-corrected chi connectivity index (χ4v) is 4.52. The number of carbonyl (C=O) groups excluding carboxylic acids is 1. The van der Waals surface area contributed by atoms with Crippen LogP contribution in [0.25, 0.3) is 11.5 Å². The standard InChI is InChI=1S/C21H21N3O5S/c1-13-15(6-8-26-13)20-22-23-21(29-20)30-12-19(25)24-7-2-3-16(24)14-4-5-17-18(11-14)28-10-9-27-17/h4-6,8,11,16H,2-3,7,9-10,12H2,1H3/t16-/m0/s1. The zero-order valence-electron chi connectivity index (χ0n) is 16.5. The van der Waals surface area contributed by atoms with E-state index in [9.17, 15) is 4.79 Å². The molecule has 1 fully saturated rings. The maximum absolute atomic E-state index is 12.9. The van der Waals surface area contributed by atoms with Crippen molar-refractivity contribution in [3.05, 3.63) is 41.9 Å². The molecule has 2 aliphatic heterocycles. The van der Waals surface area contributed by atoms with Crippen LogP contribution in [0, 0.1) is 6.92 Å². The van der Waals surface area contributed by atoms with Crippen molar-refractivity contribution in [2.75, 3.05) is 25.5 Å². The van der Waals surface area contributed by atoms with Crippen LogP contribution in [-0.2, 0) is 4.79 Å². The Morgan fingerprint density at radius 1 is 1.20 bits per heavy atom. The molecule has 8 nitrogen and oxygen atoms in total. The average Bonchev–Trinajstić information content (AvgIpc) is 3.52. The van der Waals surface area contributed by atoms with E-state index in [-0.39, 0.29) is 17.7 Å². The number of hydrogen-bond donors (Lipinski definition) is 0. The molecule has 1 amide bonds. The summed E-state index contributed by atoms with van der Waals surface area (Å²) < 4.78 is 22.2. The third kappa shape index (κ3) is 3.65. The van der Waals surface area contributed by atoms with Crippen LogP contribution < -0.4 is 9.47 Å². The first-order chi connectivity index (χ1) is 14.7. The molecule has 1 saturated heterocycles. The van der Waals surface area contributed by atoms with Crippen LogP contribution in [-0.4, -0.2) is 46.5 Å². The molecule has 0 aliphatic carbocycles. The van der Waals surface area contributed by atoms with Crippen LogP contribution in [0.2, 0.25) is 0 Å². The van der Waals surface area contributed by atoms with Gasteiger partial charge in [0.1, 0.15) is 19.0 Å². The van der Waals surface area contributed by atoms with E-state index in [0.717, 1.165) is 42.0 Å². The van der Waals surface area contributed by atoms with Gasteiger partial charge in [-0.15, -0.1) is 10.2 Å². The maximum Gasteiger partial charge on any atom is 0.277 e. The summed E-state index contributed by atoms with van der Waals surface area (Å²) in [4.78, 5) is 14.9. The first kappa shape index (κ1) is 19.0. The minimum Gasteiger partial charge on any atom is -0.486 e. The largest absolute Gasteiger partial charge is 0.486 e. The zero-order chi connectivity index (χ0) is 20.5. The molecule has 3 aromatic rings. The number of benzene rings is 1. The summed E-state index contributed by atoms with van der Waals surface area (Å²) in [5.74, 6) is 2.91. The molecule has 5 rings (SSSR count). The van der Waals surface area contributed by atoms with Gasteiger partial charge in [0.2, 0.25) is 5.91 Å². The summed E-state index contributed by atoms with van der Waals surface area (Å²) >= 11 is 1.25. The normalized spacial score (nSPS) is 18.0. The number of carbonyl (C=O) groups is 1. The molecule has 2 aliphatic rings. The van der Waals surface area contributed by atoms with Crippen LogP contribution in [0.1, 0.15) is 30.2 Å². The number of hydrogen-bond acceptors (Lipinski definition) is 8. The van der Waals surface area contributed by atoms with Crippen molar-refractivity contribution in [3.63, 3.8) is 0 Å². The molecule has 4 heterocycles. The molecule has 9 heteroatoms. The zero-order valence-corrected chi connectivity index (χ0v) is 17.3. The quantitative estimate of drug-likeness (QED) is 0.567. The van der Waals surface area contributed by atoms with E-state index in [2.05, 4.69) is 10.2 Å². The molecular weight excluding hydrogens is 406 g/mol. The minimum absolute atomic E-state index is 0.0424. The monoisotopic (exact) mass is 427 g/mol. The first-order valence-electron chi connectivity index (χ1n) is 9.89. The van der Waals surface area contributed by atoms with E-state index in [1.165, 1.54) is 11.8 Å². The lowest BCUT2D eigenvalue weighted by Crippen LogP contribution is -2.32. The van der Waals surface area contributed by atoms with Gasteiger partial charge in [0.25, 0.3) is 11.1 Å². The Balaban J connectivity index is 1.25. The molecule has 0 spiro atoms. The molecule has 0 bridgehead atoms. The summed E-state index contributed by atoms with van der Waals surface area (Å²) in [6, 6.07) is 7.77. The number of aryl methyl sites for hydroxylation is 1. The highest BCUT2D eigenvalue weighted by molar-refractivity contribution is 7.99. The molecule has 0 unspecified atom stereocenters. The SMILES string of the molecule is Cc1occc1-c1nnc(SCC(=O)N2CCC[C@H]2c2ccc3c(c2)OCCO3)o1. The van der Waals surface area contributed by atoms with Gasteiger partial charge in [0.15, 0.2) is 11.5 Å². The Morgan fingerprint density at radius 2 is 2.07 bits per heavy atom. The third-order valence-electron chi connectivity index (χ3n) is 5.34. The van der Waals surface area contributed by atoms with Crippen LogP contribution in [0.15, 0.2) is 44.6 Å². The lowest BCUT2D eigenvalue weighted by Gasteiger charge is -2.26. The van der Waals surface area contributed by atoms with Crippen LogP contribution in [0.5, 0.6) is 11.5 Å². The second kappa shape index (κ2) is 8.06. The van der Waals surface area contributed by atoms with Gasteiger partial charge < -0.3 is 23.2 Å². The molecule has 1 aromatic carbocycles. The highest BCUT2D eigenvalue weighted by Crippen LogP contribution is 2.38. The van der Waals surface area contributed by atoms with Crippen molar-refractivity contribution < 1.29 is 23.1 Å². The summed E-state index contributed by atoms with van der Waals surface area (Å²) in [6.07, 6.45) is 3.48. The van der Waals surface area contributed by atoms with E-state index in [1.54, 1.807) is 12.3 Å². The topological polar surface area (TPSA) is 90.8 Å². The van der Waals surface area contributed by atoms with Gasteiger partial charge in [-0.2, -0.15) is 0 Å². The van der Waals surface area contributed by atoms with E-state index >= 15 is 0 Å². The van der Waals surface area contributed by atoms with Crippen LogP contribution >= 0.6 is 11.8 Å². The maximum atomic E-state index is 12.9. The Morgan fingerprint density at radius 3 is 2.90 bits per heavy atom. The molecule has 2 aromatic heterocycles. The fraction of sp³-hybridized carbons (Fsp3) is 0.381. The number of nitrogens with zero attached hydrogens (tertiary/aromatic N) is 3. The Hall–Kier alpha value is -2.94. The molecule has 1 atom stereocenters. The summed E-state index contributed by atoms with van der Waals surface area (Å²) in [7, 11) is 0. The Bertz CT molecular complexity index is 1060. The molecule has 0 radical (unpaired) electrons. The second-order valence-corrected chi connectivity index (χ2v) is 8.13. The molecule has 0 saturated carbocycles. The number of thioether (sulfide) groups is 1. The smallest absolute Gasteiger partial charge is 0.277 e. The van der Waals surface area contributed by atoms with Gasteiger partial charge in [-0.25, -0.2) is 0 Å². The predicted octanol–water partition coefficient (Wildman–Crippen LogP) is 3.87. The summed E-state index contributed by atoms with van der Waals surface area (Å²) in [5, 5.41) is 8.46. The van der Waals surface area contributed by atoms with Crippen molar-refractivity contribution in [2.45, 2.75) is 31.0 Å². The number of aromatic nitrogens is 2. The number of furan rings is 1. The third-order valence-corrected chi connectivity index (χ3v) is 6.14. The highest BCUT2D eigenvalue weighted by atomic mass is 32.2. The Kier molecular flexibility index (Phi) is 5.12. The number of amides is 1. The van der Waals surface area contributed by atoms with Gasteiger partial charge in [0.05, 0.1) is 23.6 Å². The second-order valence-electron chi connectivity index (χ2n) is 7.20. The van der Waals surface area contributed by atoms with E-state index < -0.39 is 0 Å². The van der Waals surface area contributed by atoms with Crippen molar-refractivity contribution in [3.8, 4) is 23.0 Å². The lowest BCUT2D eigenvalue weighted by atomic mass is 10.0. The van der Waals surface area contributed by atoms with Crippen molar-refractivity contribution in [2.24, 2.45) is 0 Å². The Labute approximate surface area is 177 Å². The highest BCUT2D eigenvalue weighted by Gasteiger charge is 2.31. The lowest BCUT2D eigenvalue weighted by molar-refractivity contribution is -0.129. The summed E-state index contributed by atoms with van der Waals surface area (Å²) in [6.45, 7) is 3.68. The van der Waals surface area contributed by atoms with E-state index in [1.807, 2.05) is 30.0 Å². The number of rotatable bonds is 5. The van der Waals surface area contributed by atoms with Gasteiger partial charge >= 0.3 is 0 Å². The van der Waals surface area contributed by atoms with E-state index in [4.69, 9.17) is 18.3 Å². The van der Waals surface area contributed by atoms with E-state index in [0.29, 0.717) is 30.1 Å². The molecular formula is C21H21N3O5S. The first-order valence-corrected chi connectivity index (χ1v) is 10.9. The molecule has 156 valence electrons. The predicted molar refractivity (Wildman–Crippen MR) is 109 cm³/mol. The van der Waals surface area contributed by atoms with Crippen molar-refractivity contribution in [1.82, 2.24) is 15.1 Å². The fourth-order valence-electron chi connectivity index (χ4n) is 3.87. The van der Waals surface area contributed by atoms with Crippen LogP contribution in [0.4, 0.5) is 0 Å². The van der Waals surface area contributed by atoms with Crippen molar-refractivity contribution >= 4 is 17.7 Å². The van der Waals surface area contributed by atoms with Gasteiger partial charge in [-0.05, 0) is 43.5 Å².